The van der Waals surface area contributed by atoms with Gasteiger partial charge in [0, 0.05) is 41.3 Å². The van der Waals surface area contributed by atoms with Crippen molar-refractivity contribution in [2.75, 3.05) is 13.1 Å². The Morgan fingerprint density at radius 1 is 1.19 bits per heavy atom. The average molecular weight is 494 g/mol. The third kappa shape index (κ3) is 2.62. The predicted molar refractivity (Wildman–Crippen MR) is 138 cm³/mol. The molecule has 2 heterocycles. The van der Waals surface area contributed by atoms with E-state index in [1.807, 2.05) is 6.07 Å². The minimum absolute atomic E-state index is 0.00246. The largest absolute Gasteiger partial charge is 0.485 e. The molecule has 4 saturated carbocycles. The van der Waals surface area contributed by atoms with Gasteiger partial charge in [0.25, 0.3) is 0 Å². The van der Waals surface area contributed by atoms with Gasteiger partial charge >= 0.3 is 5.97 Å². The van der Waals surface area contributed by atoms with Crippen molar-refractivity contribution in [1.29, 1.82) is 0 Å². The zero-order chi connectivity index (χ0) is 25.5. The Morgan fingerprint density at radius 2 is 1.94 bits per heavy atom. The number of hydrogen-bond donors (Lipinski definition) is 1. The van der Waals surface area contributed by atoms with Gasteiger partial charge in [0.1, 0.15) is 6.10 Å². The van der Waals surface area contributed by atoms with Gasteiger partial charge in [-0.1, -0.05) is 33.8 Å². The molecule has 5 nitrogen and oxygen atoms in total. The summed E-state index contributed by atoms with van der Waals surface area (Å²) in [4.78, 5) is 14.9. The number of piperidine rings is 1. The topological polar surface area (TPSA) is 59.0 Å². The highest BCUT2D eigenvalue weighted by Gasteiger charge is 2.80. The molecule has 4 unspecified atom stereocenters. The molecule has 1 aromatic carbocycles. The molecule has 5 aliphatic carbocycles. The molecule has 5 fully saturated rings. The summed E-state index contributed by atoms with van der Waals surface area (Å²) in [6.07, 6.45) is 8.22. The van der Waals surface area contributed by atoms with Gasteiger partial charge in [-0.15, -0.1) is 0 Å². The molecule has 2 spiro atoms. The normalized spacial score (nSPS) is 41.9. The highest BCUT2D eigenvalue weighted by Crippen LogP contribution is 2.79. The summed E-state index contributed by atoms with van der Waals surface area (Å²) in [6.45, 7) is 14.9. The van der Waals surface area contributed by atoms with Crippen molar-refractivity contribution in [3.05, 3.63) is 23.3 Å². The summed E-state index contributed by atoms with van der Waals surface area (Å²) in [7, 11) is 0. The molecule has 1 saturated heterocycles. The van der Waals surface area contributed by atoms with Gasteiger partial charge in [0.15, 0.2) is 11.5 Å². The van der Waals surface area contributed by atoms with Crippen LogP contribution in [0.25, 0.3) is 0 Å². The van der Waals surface area contributed by atoms with Crippen LogP contribution in [0.15, 0.2) is 12.1 Å². The van der Waals surface area contributed by atoms with Crippen molar-refractivity contribution >= 4 is 5.97 Å². The number of carbonyl (C=O) groups excluding carboxylic acids is 1. The molecule has 8 rings (SSSR count). The van der Waals surface area contributed by atoms with Gasteiger partial charge in [-0.3, -0.25) is 9.69 Å². The van der Waals surface area contributed by atoms with Crippen LogP contribution in [-0.2, 0) is 16.6 Å². The Balaban J connectivity index is 1.45. The van der Waals surface area contributed by atoms with Gasteiger partial charge in [0.2, 0.25) is 0 Å². The first-order valence-electron chi connectivity index (χ1n) is 14.3. The summed E-state index contributed by atoms with van der Waals surface area (Å²) in [5.41, 5.74) is 1.57. The van der Waals surface area contributed by atoms with Gasteiger partial charge in [-0.25, -0.2) is 0 Å². The number of rotatable bonds is 4. The minimum Gasteiger partial charge on any atom is -0.485 e. The number of carbonyl (C=O) groups is 1. The molecule has 196 valence electrons. The van der Waals surface area contributed by atoms with Crippen LogP contribution in [0, 0.1) is 28.1 Å². The quantitative estimate of drug-likeness (QED) is 0.458. The molecule has 0 aromatic heterocycles. The second kappa shape index (κ2) is 6.88. The van der Waals surface area contributed by atoms with Gasteiger partial charge < -0.3 is 14.6 Å². The van der Waals surface area contributed by atoms with E-state index in [1.165, 1.54) is 43.9 Å². The van der Waals surface area contributed by atoms with Gasteiger partial charge in [-0.2, -0.15) is 0 Å². The summed E-state index contributed by atoms with van der Waals surface area (Å²) in [5.74, 6) is 2.12. The van der Waals surface area contributed by atoms with Crippen LogP contribution in [0.3, 0.4) is 0 Å². The van der Waals surface area contributed by atoms with E-state index in [0.717, 1.165) is 43.9 Å². The number of nitrogens with zero attached hydrogens (tertiary/aromatic N) is 1. The lowest BCUT2D eigenvalue weighted by Crippen LogP contribution is -2.80. The lowest BCUT2D eigenvalue weighted by atomic mass is 9.31. The van der Waals surface area contributed by atoms with E-state index in [4.69, 9.17) is 9.47 Å². The van der Waals surface area contributed by atoms with Crippen LogP contribution >= 0.6 is 0 Å². The van der Waals surface area contributed by atoms with Crippen LogP contribution < -0.4 is 9.47 Å². The van der Waals surface area contributed by atoms with Crippen molar-refractivity contribution in [2.45, 2.75) is 110 Å². The first-order valence-corrected chi connectivity index (χ1v) is 14.3. The maximum atomic E-state index is 12.2. The number of ether oxygens (including phenoxy) is 2. The Bertz CT molecular complexity index is 1150. The van der Waals surface area contributed by atoms with Gasteiger partial charge in [-0.05, 0) is 87.3 Å². The van der Waals surface area contributed by atoms with E-state index in [-0.39, 0.29) is 39.7 Å². The predicted octanol–water partition coefficient (Wildman–Crippen LogP) is 5.25. The Labute approximate surface area is 215 Å². The molecule has 2 aliphatic heterocycles. The molecule has 1 aromatic rings. The fraction of sp³-hybridized carbons (Fsp3) is 0.774. The fourth-order valence-electron chi connectivity index (χ4n) is 9.94. The standard InChI is InChI=1S/C31H43NO4/c1-18(33)35-21-10-9-20-15-23-30-12-11-28(5,22(16-30)29(6,34)27(2,3)4)26-31(30,24(20)25(21)36-26)13-14-32(23)17-19-7-8-19/h9-10,19,22-23,26,34H,7-8,11-17H2,1-6H3/t22?,23?,26-,28?,29+,30?,31-/m0/s1. The van der Waals surface area contributed by atoms with Crippen LogP contribution in [-0.4, -0.2) is 46.8 Å². The van der Waals surface area contributed by atoms with E-state index < -0.39 is 5.60 Å². The summed E-state index contributed by atoms with van der Waals surface area (Å²) in [5, 5.41) is 12.2. The number of hydrogen-bond acceptors (Lipinski definition) is 5. The average Bonchev–Trinajstić information content (AvgIpc) is 3.52. The smallest absolute Gasteiger partial charge is 0.308 e. The first-order chi connectivity index (χ1) is 16.8. The van der Waals surface area contributed by atoms with Crippen molar-refractivity contribution in [3.63, 3.8) is 0 Å². The maximum Gasteiger partial charge on any atom is 0.308 e. The number of fused-ring (bicyclic) bond motifs is 2. The van der Waals surface area contributed by atoms with E-state index in [9.17, 15) is 9.90 Å². The van der Waals surface area contributed by atoms with Crippen molar-refractivity contribution < 1.29 is 19.4 Å². The Kier molecular flexibility index (Phi) is 4.50. The summed E-state index contributed by atoms with van der Waals surface area (Å²) < 4.78 is 12.8. The third-order valence-corrected chi connectivity index (χ3v) is 12.2. The highest BCUT2D eigenvalue weighted by molar-refractivity contribution is 5.72. The second-order valence-electron chi connectivity index (χ2n) is 14.7. The van der Waals surface area contributed by atoms with Crippen molar-refractivity contribution in [3.8, 4) is 11.5 Å². The van der Waals surface area contributed by atoms with Crippen LogP contribution in [0.5, 0.6) is 11.5 Å². The third-order valence-electron chi connectivity index (χ3n) is 12.2. The number of likely N-dealkylation sites (tertiary alicyclic amines) is 1. The second-order valence-corrected chi connectivity index (χ2v) is 14.7. The lowest BCUT2D eigenvalue weighted by Gasteiger charge is -2.75. The summed E-state index contributed by atoms with van der Waals surface area (Å²) in [6, 6.07) is 4.67. The molecule has 0 amide bonds. The lowest BCUT2D eigenvalue weighted by molar-refractivity contribution is -0.276. The molecule has 36 heavy (non-hydrogen) atoms. The number of benzene rings is 1. The van der Waals surface area contributed by atoms with E-state index in [0.29, 0.717) is 11.8 Å². The first kappa shape index (κ1) is 23.5. The molecule has 5 heteroatoms. The molecule has 1 N–H and O–H groups in total. The zero-order valence-electron chi connectivity index (χ0n) is 22.9. The SMILES string of the molecule is CC(=O)Oc1ccc2c3c1O[C@H]1C4(C)CCC5(CC4[C@@](C)(O)C(C)(C)C)C(C2)N(CC2CC2)CC[C@]315. The fourth-order valence-corrected chi connectivity index (χ4v) is 9.94. The molecular formula is C31H43NO4. The van der Waals surface area contributed by atoms with Crippen LogP contribution in [0.1, 0.15) is 91.2 Å². The molecular weight excluding hydrogens is 450 g/mol. The molecule has 7 aliphatic rings. The Hall–Kier alpha value is -1.59. The minimum atomic E-state index is -0.816. The zero-order valence-corrected chi connectivity index (χ0v) is 22.9. The van der Waals surface area contributed by atoms with Gasteiger partial charge in [0.05, 0.1) is 5.60 Å². The van der Waals surface area contributed by atoms with Crippen LogP contribution in [0.4, 0.5) is 0 Å². The molecule has 4 bridgehead atoms. The number of aliphatic hydroxyl groups is 1. The van der Waals surface area contributed by atoms with Crippen LogP contribution in [0.2, 0.25) is 0 Å². The van der Waals surface area contributed by atoms with Crippen molar-refractivity contribution in [1.82, 2.24) is 4.90 Å². The van der Waals surface area contributed by atoms with E-state index >= 15 is 0 Å². The van der Waals surface area contributed by atoms with E-state index in [2.05, 4.69) is 45.6 Å². The van der Waals surface area contributed by atoms with Crippen molar-refractivity contribution in [2.24, 2.45) is 28.1 Å². The molecule has 0 radical (unpaired) electrons. The molecule has 7 atom stereocenters. The highest BCUT2D eigenvalue weighted by atomic mass is 16.6. The Morgan fingerprint density at radius 3 is 2.61 bits per heavy atom. The van der Waals surface area contributed by atoms with E-state index in [1.54, 1.807) is 0 Å². The number of esters is 1. The maximum absolute atomic E-state index is 12.2. The monoisotopic (exact) mass is 493 g/mol. The summed E-state index contributed by atoms with van der Waals surface area (Å²) >= 11 is 0.